The van der Waals surface area contributed by atoms with Gasteiger partial charge in [-0.3, -0.25) is 0 Å². The van der Waals surface area contributed by atoms with E-state index in [0.717, 1.165) is 18.6 Å². The smallest absolute Gasteiger partial charge is 0.122 e. The van der Waals surface area contributed by atoms with Crippen LogP contribution in [-0.4, -0.2) is 7.11 Å². The van der Waals surface area contributed by atoms with Crippen LogP contribution in [0.3, 0.4) is 0 Å². The SMILES string of the molecule is CCCc1cc[c]cc1OC. The van der Waals surface area contributed by atoms with E-state index in [-0.39, 0.29) is 0 Å². The fourth-order valence-corrected chi connectivity index (χ4v) is 1.11. The Morgan fingerprint density at radius 3 is 3.00 bits per heavy atom. The average molecular weight is 149 g/mol. The Balaban J connectivity index is 2.83. The fourth-order valence-electron chi connectivity index (χ4n) is 1.11. The fraction of sp³-hybridized carbons (Fsp3) is 0.400. The van der Waals surface area contributed by atoms with E-state index >= 15 is 0 Å². The number of hydrogen-bond acceptors (Lipinski definition) is 1. The second kappa shape index (κ2) is 4.02. The van der Waals surface area contributed by atoms with Gasteiger partial charge in [-0.15, -0.1) is 0 Å². The van der Waals surface area contributed by atoms with Crippen molar-refractivity contribution in [2.75, 3.05) is 7.11 Å². The normalized spacial score (nSPS) is 9.64. The molecule has 0 aliphatic carbocycles. The van der Waals surface area contributed by atoms with Crippen LogP contribution in [0.1, 0.15) is 18.9 Å². The molecule has 0 bridgehead atoms. The van der Waals surface area contributed by atoms with Crippen molar-refractivity contribution in [2.24, 2.45) is 0 Å². The predicted molar refractivity (Wildman–Crippen MR) is 45.8 cm³/mol. The molecule has 0 aliphatic rings. The van der Waals surface area contributed by atoms with E-state index in [1.807, 2.05) is 12.1 Å². The summed E-state index contributed by atoms with van der Waals surface area (Å²) >= 11 is 0. The molecular formula is C10H13O. The van der Waals surface area contributed by atoms with Crippen molar-refractivity contribution < 1.29 is 4.74 Å². The van der Waals surface area contributed by atoms with Gasteiger partial charge in [0.1, 0.15) is 5.75 Å². The van der Waals surface area contributed by atoms with E-state index < -0.39 is 0 Å². The first kappa shape index (κ1) is 8.12. The van der Waals surface area contributed by atoms with Crippen LogP contribution in [0.15, 0.2) is 18.2 Å². The van der Waals surface area contributed by atoms with Gasteiger partial charge in [0.2, 0.25) is 0 Å². The number of rotatable bonds is 3. The molecule has 1 heteroatoms. The quantitative estimate of drug-likeness (QED) is 0.641. The van der Waals surface area contributed by atoms with Crippen molar-refractivity contribution in [3.63, 3.8) is 0 Å². The van der Waals surface area contributed by atoms with Crippen molar-refractivity contribution in [3.05, 3.63) is 29.8 Å². The molecule has 0 spiro atoms. The van der Waals surface area contributed by atoms with Crippen LogP contribution < -0.4 is 4.74 Å². The van der Waals surface area contributed by atoms with Crippen molar-refractivity contribution >= 4 is 0 Å². The zero-order valence-corrected chi connectivity index (χ0v) is 7.05. The summed E-state index contributed by atoms with van der Waals surface area (Å²) in [5, 5.41) is 0. The molecule has 1 aromatic rings. The molecule has 1 radical (unpaired) electrons. The number of methoxy groups -OCH3 is 1. The maximum absolute atomic E-state index is 5.17. The molecule has 11 heavy (non-hydrogen) atoms. The summed E-state index contributed by atoms with van der Waals surface area (Å²) in [4.78, 5) is 0. The molecule has 0 atom stereocenters. The molecule has 59 valence electrons. The monoisotopic (exact) mass is 149 g/mol. The van der Waals surface area contributed by atoms with Gasteiger partial charge in [-0.2, -0.15) is 0 Å². The van der Waals surface area contributed by atoms with Crippen LogP contribution >= 0.6 is 0 Å². The van der Waals surface area contributed by atoms with Gasteiger partial charge in [0.25, 0.3) is 0 Å². The zero-order valence-electron chi connectivity index (χ0n) is 7.05. The molecule has 0 unspecified atom stereocenters. The van der Waals surface area contributed by atoms with Crippen molar-refractivity contribution in [3.8, 4) is 5.75 Å². The Kier molecular flexibility index (Phi) is 2.96. The maximum Gasteiger partial charge on any atom is 0.122 e. The van der Waals surface area contributed by atoms with E-state index in [1.54, 1.807) is 7.11 Å². The zero-order chi connectivity index (χ0) is 8.10. The molecule has 0 N–H and O–H groups in total. The minimum absolute atomic E-state index is 0.953. The van der Waals surface area contributed by atoms with Crippen molar-refractivity contribution in [1.29, 1.82) is 0 Å². The Bertz CT molecular complexity index is 218. The third kappa shape index (κ3) is 1.97. The highest BCUT2D eigenvalue weighted by atomic mass is 16.5. The summed E-state index contributed by atoms with van der Waals surface area (Å²) in [7, 11) is 1.70. The number of aryl methyl sites for hydroxylation is 1. The lowest BCUT2D eigenvalue weighted by Crippen LogP contribution is -1.90. The van der Waals surface area contributed by atoms with Crippen LogP contribution in [0.25, 0.3) is 0 Å². The lowest BCUT2D eigenvalue weighted by atomic mass is 10.1. The molecule has 0 fully saturated rings. The average Bonchev–Trinajstić information content (AvgIpc) is 2.06. The van der Waals surface area contributed by atoms with Crippen LogP contribution in [0.2, 0.25) is 0 Å². The van der Waals surface area contributed by atoms with E-state index in [4.69, 9.17) is 4.74 Å². The Hall–Kier alpha value is -0.980. The summed E-state index contributed by atoms with van der Waals surface area (Å²) in [5.41, 5.74) is 1.27. The highest BCUT2D eigenvalue weighted by Crippen LogP contribution is 2.17. The largest absolute Gasteiger partial charge is 0.496 e. The minimum Gasteiger partial charge on any atom is -0.496 e. The third-order valence-electron chi connectivity index (χ3n) is 1.65. The van der Waals surface area contributed by atoms with Gasteiger partial charge in [0, 0.05) is 0 Å². The molecule has 0 amide bonds. The molecule has 0 saturated heterocycles. The third-order valence-corrected chi connectivity index (χ3v) is 1.65. The Labute approximate surface area is 68.0 Å². The van der Waals surface area contributed by atoms with Gasteiger partial charge in [-0.25, -0.2) is 0 Å². The van der Waals surface area contributed by atoms with Gasteiger partial charge < -0.3 is 4.74 Å². The van der Waals surface area contributed by atoms with Crippen molar-refractivity contribution in [1.82, 2.24) is 0 Å². The molecule has 1 aromatic carbocycles. The molecule has 1 rings (SSSR count). The first-order valence-corrected chi connectivity index (χ1v) is 3.91. The lowest BCUT2D eigenvalue weighted by Gasteiger charge is -2.05. The van der Waals surface area contributed by atoms with E-state index in [2.05, 4.69) is 19.1 Å². The topological polar surface area (TPSA) is 9.23 Å². The number of ether oxygens (including phenoxy) is 1. The van der Waals surface area contributed by atoms with Gasteiger partial charge >= 0.3 is 0 Å². The summed E-state index contributed by atoms with van der Waals surface area (Å²) in [6.45, 7) is 2.16. The second-order valence-electron chi connectivity index (χ2n) is 2.49. The van der Waals surface area contributed by atoms with E-state index in [0.29, 0.717) is 0 Å². The van der Waals surface area contributed by atoms with E-state index in [1.165, 1.54) is 5.56 Å². The van der Waals surface area contributed by atoms with Crippen LogP contribution in [0, 0.1) is 6.07 Å². The molecule has 0 saturated carbocycles. The summed E-state index contributed by atoms with van der Waals surface area (Å²) in [6, 6.07) is 8.85. The predicted octanol–water partition coefficient (Wildman–Crippen LogP) is 2.45. The lowest BCUT2D eigenvalue weighted by molar-refractivity contribution is 0.409. The minimum atomic E-state index is 0.953. The highest BCUT2D eigenvalue weighted by Gasteiger charge is 1.98. The second-order valence-corrected chi connectivity index (χ2v) is 2.49. The highest BCUT2D eigenvalue weighted by molar-refractivity contribution is 5.32. The standard InChI is InChI=1S/C10H13O/c1-3-6-9-7-4-5-8-10(9)11-2/h4,7-8H,3,6H2,1-2H3. The Morgan fingerprint density at radius 2 is 2.36 bits per heavy atom. The summed E-state index contributed by atoms with van der Waals surface area (Å²) in [6.07, 6.45) is 2.23. The first-order chi connectivity index (χ1) is 5.38. The van der Waals surface area contributed by atoms with Crippen LogP contribution in [-0.2, 0) is 6.42 Å². The number of hydrogen-bond donors (Lipinski definition) is 0. The molecular weight excluding hydrogens is 136 g/mol. The first-order valence-electron chi connectivity index (χ1n) is 3.91. The summed E-state index contributed by atoms with van der Waals surface area (Å²) < 4.78 is 5.17. The van der Waals surface area contributed by atoms with Gasteiger partial charge in [0.05, 0.1) is 7.11 Å². The van der Waals surface area contributed by atoms with Gasteiger partial charge in [-0.05, 0) is 24.1 Å². The summed E-state index contributed by atoms with van der Waals surface area (Å²) in [5.74, 6) is 0.953. The number of benzene rings is 1. The van der Waals surface area contributed by atoms with E-state index in [9.17, 15) is 0 Å². The Morgan fingerprint density at radius 1 is 1.55 bits per heavy atom. The molecule has 1 nitrogen and oxygen atoms in total. The van der Waals surface area contributed by atoms with Gasteiger partial charge in [-0.1, -0.05) is 25.5 Å². The molecule has 0 heterocycles. The molecule has 0 aliphatic heterocycles. The van der Waals surface area contributed by atoms with Crippen LogP contribution in [0.4, 0.5) is 0 Å². The maximum atomic E-state index is 5.17. The van der Waals surface area contributed by atoms with Crippen LogP contribution in [0.5, 0.6) is 5.75 Å². The molecule has 0 aromatic heterocycles. The van der Waals surface area contributed by atoms with Crippen molar-refractivity contribution in [2.45, 2.75) is 19.8 Å². The van der Waals surface area contributed by atoms with Gasteiger partial charge in [0.15, 0.2) is 0 Å².